The zero-order chi connectivity index (χ0) is 17.2. The van der Waals surface area contributed by atoms with Gasteiger partial charge in [0.05, 0.1) is 18.4 Å². The van der Waals surface area contributed by atoms with Gasteiger partial charge in [0.2, 0.25) is 0 Å². The highest BCUT2D eigenvalue weighted by molar-refractivity contribution is 7.92. The molecule has 0 bridgehead atoms. The second-order valence-electron chi connectivity index (χ2n) is 4.97. The average Bonchev–Trinajstić information content (AvgIpc) is 2.94. The van der Waals surface area contributed by atoms with Crippen molar-refractivity contribution in [2.75, 3.05) is 4.72 Å². The predicted molar refractivity (Wildman–Crippen MR) is 87.8 cm³/mol. The van der Waals surface area contributed by atoms with E-state index in [-0.39, 0.29) is 10.7 Å². The molecule has 3 rings (SSSR count). The van der Waals surface area contributed by atoms with E-state index in [0.29, 0.717) is 6.54 Å². The van der Waals surface area contributed by atoms with Gasteiger partial charge in [-0.2, -0.15) is 5.10 Å². The van der Waals surface area contributed by atoms with Gasteiger partial charge in [-0.1, -0.05) is 17.7 Å². The Balaban J connectivity index is 1.78. The highest BCUT2D eigenvalue weighted by Gasteiger charge is 2.20. The van der Waals surface area contributed by atoms with Crippen molar-refractivity contribution in [2.24, 2.45) is 0 Å². The number of hydrogen-bond donors (Lipinski definition) is 1. The SMILES string of the molecule is O=S(=O)(Nc1cnn(Cc2cccnc2)c1)c1ccc(Cl)cc1F. The van der Waals surface area contributed by atoms with Crippen LogP contribution in [0.4, 0.5) is 10.1 Å². The lowest BCUT2D eigenvalue weighted by molar-refractivity contribution is 0.570. The van der Waals surface area contributed by atoms with Gasteiger partial charge in [-0.25, -0.2) is 12.8 Å². The fourth-order valence-electron chi connectivity index (χ4n) is 2.08. The van der Waals surface area contributed by atoms with E-state index in [1.807, 2.05) is 6.07 Å². The Labute approximate surface area is 143 Å². The van der Waals surface area contributed by atoms with Gasteiger partial charge in [-0.3, -0.25) is 14.4 Å². The molecule has 0 saturated carbocycles. The maximum absolute atomic E-state index is 13.8. The summed E-state index contributed by atoms with van der Waals surface area (Å²) >= 11 is 5.63. The first-order valence-electron chi connectivity index (χ1n) is 6.83. The second-order valence-corrected chi connectivity index (χ2v) is 7.06. The van der Waals surface area contributed by atoms with Crippen LogP contribution < -0.4 is 4.72 Å². The average molecular weight is 367 g/mol. The molecule has 2 heterocycles. The van der Waals surface area contributed by atoms with Crippen molar-refractivity contribution in [3.63, 3.8) is 0 Å². The highest BCUT2D eigenvalue weighted by Crippen LogP contribution is 2.21. The van der Waals surface area contributed by atoms with Crippen LogP contribution in [0.15, 0.2) is 60.0 Å². The van der Waals surface area contributed by atoms with Crippen molar-refractivity contribution in [3.8, 4) is 0 Å². The number of hydrogen-bond acceptors (Lipinski definition) is 4. The molecule has 0 aliphatic rings. The zero-order valence-corrected chi connectivity index (χ0v) is 13.8. The number of anilines is 1. The third-order valence-electron chi connectivity index (χ3n) is 3.14. The number of rotatable bonds is 5. The topological polar surface area (TPSA) is 76.9 Å². The van der Waals surface area contributed by atoms with Crippen LogP contribution in [0.1, 0.15) is 5.56 Å². The van der Waals surface area contributed by atoms with Crippen LogP contribution in [-0.4, -0.2) is 23.2 Å². The first kappa shape index (κ1) is 16.4. The molecule has 2 aromatic heterocycles. The molecule has 0 saturated heterocycles. The zero-order valence-electron chi connectivity index (χ0n) is 12.2. The standard InChI is InChI=1S/C15H12ClFN4O2S/c16-12-3-4-15(14(17)6-12)24(22,23)20-13-8-19-21(10-13)9-11-2-1-5-18-7-11/h1-8,10,20H,9H2. The lowest BCUT2D eigenvalue weighted by atomic mass is 10.3. The summed E-state index contributed by atoms with van der Waals surface area (Å²) in [4.78, 5) is 3.52. The maximum Gasteiger partial charge on any atom is 0.264 e. The summed E-state index contributed by atoms with van der Waals surface area (Å²) in [5, 5.41) is 4.19. The maximum atomic E-state index is 13.8. The van der Waals surface area contributed by atoms with E-state index in [9.17, 15) is 12.8 Å². The van der Waals surface area contributed by atoms with Gasteiger partial charge in [0.25, 0.3) is 10.0 Å². The fourth-order valence-corrected chi connectivity index (χ4v) is 3.33. The number of aromatic nitrogens is 3. The first-order valence-corrected chi connectivity index (χ1v) is 8.69. The van der Waals surface area contributed by atoms with Crippen molar-refractivity contribution >= 4 is 27.3 Å². The molecule has 124 valence electrons. The van der Waals surface area contributed by atoms with E-state index in [1.165, 1.54) is 18.5 Å². The quantitative estimate of drug-likeness (QED) is 0.753. The molecule has 9 heteroatoms. The van der Waals surface area contributed by atoms with Gasteiger partial charge in [0.15, 0.2) is 0 Å². The number of nitrogens with one attached hydrogen (secondary N) is 1. The summed E-state index contributed by atoms with van der Waals surface area (Å²) in [6.45, 7) is 0.435. The molecule has 0 aliphatic carbocycles. The van der Waals surface area contributed by atoms with Crippen LogP contribution in [0.2, 0.25) is 5.02 Å². The molecular weight excluding hydrogens is 355 g/mol. The summed E-state index contributed by atoms with van der Waals surface area (Å²) in [6.07, 6.45) is 6.21. The smallest absolute Gasteiger partial charge is 0.264 e. The second kappa shape index (κ2) is 6.58. The van der Waals surface area contributed by atoms with E-state index in [1.54, 1.807) is 23.1 Å². The van der Waals surface area contributed by atoms with E-state index in [2.05, 4.69) is 14.8 Å². The minimum atomic E-state index is -4.07. The predicted octanol–water partition coefficient (Wildman–Crippen LogP) is 2.92. The van der Waals surface area contributed by atoms with Crippen LogP contribution in [0.3, 0.4) is 0 Å². The Morgan fingerprint density at radius 2 is 2.08 bits per heavy atom. The lowest BCUT2D eigenvalue weighted by Crippen LogP contribution is -2.14. The van der Waals surface area contributed by atoms with Gasteiger partial charge >= 0.3 is 0 Å². The highest BCUT2D eigenvalue weighted by atomic mass is 35.5. The minimum absolute atomic E-state index is 0.121. The van der Waals surface area contributed by atoms with Crippen molar-refractivity contribution in [1.82, 2.24) is 14.8 Å². The molecule has 3 aromatic rings. The summed E-state index contributed by atoms with van der Waals surface area (Å²) in [5.41, 5.74) is 1.15. The van der Waals surface area contributed by atoms with E-state index >= 15 is 0 Å². The normalized spacial score (nSPS) is 11.4. The molecule has 0 fully saturated rings. The molecule has 0 atom stereocenters. The van der Waals surface area contributed by atoms with Crippen molar-refractivity contribution in [2.45, 2.75) is 11.4 Å². The lowest BCUT2D eigenvalue weighted by Gasteiger charge is -2.07. The molecule has 0 unspecified atom stereocenters. The van der Waals surface area contributed by atoms with Crippen LogP contribution in [0, 0.1) is 5.82 Å². The fraction of sp³-hybridized carbons (Fsp3) is 0.0667. The Morgan fingerprint density at radius 3 is 2.79 bits per heavy atom. The Morgan fingerprint density at radius 1 is 1.25 bits per heavy atom. The number of pyridine rings is 1. The van der Waals surface area contributed by atoms with Crippen LogP contribution in [-0.2, 0) is 16.6 Å². The van der Waals surface area contributed by atoms with Crippen molar-refractivity contribution in [3.05, 3.63) is 71.5 Å². The van der Waals surface area contributed by atoms with Crippen molar-refractivity contribution < 1.29 is 12.8 Å². The summed E-state index contributed by atoms with van der Waals surface area (Å²) in [5.74, 6) is -0.919. The molecule has 1 N–H and O–H groups in total. The Hall–Kier alpha value is -2.45. The molecule has 24 heavy (non-hydrogen) atoms. The van der Waals surface area contributed by atoms with Crippen molar-refractivity contribution in [1.29, 1.82) is 0 Å². The van der Waals surface area contributed by atoms with Gasteiger partial charge in [0, 0.05) is 23.6 Å². The largest absolute Gasteiger partial charge is 0.276 e. The third-order valence-corrected chi connectivity index (χ3v) is 4.79. The third kappa shape index (κ3) is 3.72. The number of sulfonamides is 1. The van der Waals surface area contributed by atoms with Gasteiger partial charge in [-0.05, 0) is 29.8 Å². The van der Waals surface area contributed by atoms with Crippen LogP contribution >= 0.6 is 11.6 Å². The van der Waals surface area contributed by atoms with Gasteiger partial charge in [0.1, 0.15) is 10.7 Å². The Bertz CT molecular complexity index is 961. The van der Waals surface area contributed by atoms with Gasteiger partial charge in [-0.15, -0.1) is 0 Å². The Kier molecular flexibility index (Phi) is 4.50. The van der Waals surface area contributed by atoms with E-state index in [0.717, 1.165) is 17.7 Å². The van der Waals surface area contributed by atoms with Crippen LogP contribution in [0.5, 0.6) is 0 Å². The summed E-state index contributed by atoms with van der Waals surface area (Å²) < 4.78 is 42.2. The van der Waals surface area contributed by atoms with Crippen LogP contribution in [0.25, 0.3) is 0 Å². The van der Waals surface area contributed by atoms with Gasteiger partial charge < -0.3 is 0 Å². The molecule has 0 amide bonds. The summed E-state index contributed by atoms with van der Waals surface area (Å²) in [7, 11) is -4.07. The molecule has 0 aliphatic heterocycles. The number of benzene rings is 1. The molecule has 0 spiro atoms. The number of nitrogens with zero attached hydrogens (tertiary/aromatic N) is 3. The minimum Gasteiger partial charge on any atom is -0.276 e. The van der Waals surface area contributed by atoms with E-state index < -0.39 is 20.7 Å². The number of halogens is 2. The first-order chi connectivity index (χ1) is 11.4. The summed E-state index contributed by atoms with van der Waals surface area (Å²) in [6, 6.07) is 7.04. The molecule has 0 radical (unpaired) electrons. The molecule has 1 aromatic carbocycles. The molecule has 6 nitrogen and oxygen atoms in total. The molecular formula is C15H12ClFN4O2S. The van der Waals surface area contributed by atoms with E-state index in [4.69, 9.17) is 11.6 Å². The monoisotopic (exact) mass is 366 g/mol.